The predicted molar refractivity (Wildman–Crippen MR) is 183 cm³/mol. The molecule has 0 saturated heterocycles. The van der Waals surface area contributed by atoms with Crippen LogP contribution in [0.15, 0.2) is 108 Å². The standard InChI is InChI=1S/C36H37Cl2N3O4S/c1-26-14-18-32(19-15-26)41(46(44,45)33-20-16-29(37)17-21-33)25-35(42)40(24-28-10-7-11-30(38)22-28)34(23-27-8-3-2-4-9-27)36(43)39-31-12-5-6-13-31/h2-4,7-11,14-22,31,34H,5-6,12-13,23-25H2,1H3,(H,39,43). The number of carbonyl (C=O) groups is 2. The number of sulfonamides is 1. The highest BCUT2D eigenvalue weighted by Crippen LogP contribution is 2.27. The third-order valence-corrected chi connectivity index (χ3v) is 10.5. The lowest BCUT2D eigenvalue weighted by Gasteiger charge is -2.34. The first-order chi connectivity index (χ1) is 22.1. The smallest absolute Gasteiger partial charge is 0.264 e. The number of rotatable bonds is 12. The van der Waals surface area contributed by atoms with Crippen LogP contribution in [0.3, 0.4) is 0 Å². The third-order valence-electron chi connectivity index (χ3n) is 8.22. The molecular formula is C36H37Cl2N3O4S. The van der Waals surface area contributed by atoms with Gasteiger partial charge in [-0.25, -0.2) is 8.42 Å². The molecule has 7 nitrogen and oxygen atoms in total. The number of hydrogen-bond donors (Lipinski definition) is 1. The van der Waals surface area contributed by atoms with Gasteiger partial charge < -0.3 is 10.2 Å². The lowest BCUT2D eigenvalue weighted by Crippen LogP contribution is -2.54. The third kappa shape index (κ3) is 8.49. The fourth-order valence-corrected chi connectivity index (χ4v) is 7.48. The molecule has 1 unspecified atom stereocenters. The van der Waals surface area contributed by atoms with Crippen molar-refractivity contribution in [3.63, 3.8) is 0 Å². The normalized spacial score (nSPS) is 14.1. The molecule has 4 aromatic rings. The van der Waals surface area contributed by atoms with Crippen molar-refractivity contribution in [1.29, 1.82) is 0 Å². The lowest BCUT2D eigenvalue weighted by molar-refractivity contribution is -0.140. The molecular weight excluding hydrogens is 641 g/mol. The average molecular weight is 679 g/mol. The summed E-state index contributed by atoms with van der Waals surface area (Å²) in [4.78, 5) is 30.1. The number of aryl methyl sites for hydroxylation is 1. The van der Waals surface area contributed by atoms with E-state index in [9.17, 15) is 18.0 Å². The first-order valence-electron chi connectivity index (χ1n) is 15.3. The van der Waals surface area contributed by atoms with Crippen LogP contribution in [0.25, 0.3) is 0 Å². The van der Waals surface area contributed by atoms with Crippen LogP contribution in [0.5, 0.6) is 0 Å². The van der Waals surface area contributed by atoms with Crippen LogP contribution in [0.2, 0.25) is 10.0 Å². The molecule has 0 aromatic heterocycles. The van der Waals surface area contributed by atoms with E-state index < -0.39 is 28.5 Å². The molecule has 5 rings (SSSR count). The van der Waals surface area contributed by atoms with E-state index in [4.69, 9.17) is 23.2 Å². The summed E-state index contributed by atoms with van der Waals surface area (Å²) in [6.45, 7) is 1.42. The van der Waals surface area contributed by atoms with Crippen molar-refractivity contribution in [2.75, 3.05) is 10.8 Å². The predicted octanol–water partition coefficient (Wildman–Crippen LogP) is 7.20. The Morgan fingerprint density at radius 3 is 2.13 bits per heavy atom. The lowest BCUT2D eigenvalue weighted by atomic mass is 10.0. The van der Waals surface area contributed by atoms with E-state index in [1.54, 1.807) is 42.5 Å². The molecule has 0 heterocycles. The summed E-state index contributed by atoms with van der Waals surface area (Å²) in [5, 5.41) is 4.06. The summed E-state index contributed by atoms with van der Waals surface area (Å²) >= 11 is 12.4. The van der Waals surface area contributed by atoms with E-state index in [0.717, 1.165) is 46.7 Å². The second kappa shape index (κ2) is 15.2. The molecule has 2 amide bonds. The zero-order chi connectivity index (χ0) is 32.7. The van der Waals surface area contributed by atoms with Gasteiger partial charge in [-0.1, -0.05) is 96.2 Å². The number of nitrogens with one attached hydrogen (secondary N) is 1. The SMILES string of the molecule is Cc1ccc(N(CC(=O)N(Cc2cccc(Cl)c2)C(Cc2ccccc2)C(=O)NC2CCCC2)S(=O)(=O)c2ccc(Cl)cc2)cc1. The Bertz CT molecular complexity index is 1740. The number of carbonyl (C=O) groups excluding carboxylic acids is 2. The quantitative estimate of drug-likeness (QED) is 0.172. The number of halogens is 2. The van der Waals surface area contributed by atoms with Crippen molar-refractivity contribution < 1.29 is 18.0 Å². The van der Waals surface area contributed by atoms with Gasteiger partial charge in [-0.05, 0) is 79.4 Å². The van der Waals surface area contributed by atoms with Gasteiger partial charge in [-0.2, -0.15) is 0 Å². The van der Waals surface area contributed by atoms with Crippen LogP contribution < -0.4 is 9.62 Å². The van der Waals surface area contributed by atoms with Crippen molar-refractivity contribution in [3.8, 4) is 0 Å². The topological polar surface area (TPSA) is 86.8 Å². The molecule has 1 aliphatic rings. The van der Waals surface area contributed by atoms with Gasteiger partial charge in [0.2, 0.25) is 11.8 Å². The monoisotopic (exact) mass is 677 g/mol. The van der Waals surface area contributed by atoms with Crippen LogP contribution in [0, 0.1) is 6.92 Å². The zero-order valence-corrected chi connectivity index (χ0v) is 27.9. The van der Waals surface area contributed by atoms with E-state index in [1.807, 2.05) is 43.3 Å². The van der Waals surface area contributed by atoms with Gasteiger partial charge in [0.25, 0.3) is 10.0 Å². The summed E-state index contributed by atoms with van der Waals surface area (Å²) in [6, 6.07) is 28.5. The molecule has 0 bridgehead atoms. The Morgan fingerprint density at radius 1 is 0.826 bits per heavy atom. The maximum atomic E-state index is 14.6. The zero-order valence-electron chi connectivity index (χ0n) is 25.6. The van der Waals surface area contributed by atoms with Gasteiger partial charge in [0, 0.05) is 29.1 Å². The fraction of sp³-hybridized carbons (Fsp3) is 0.278. The Morgan fingerprint density at radius 2 is 1.48 bits per heavy atom. The van der Waals surface area contributed by atoms with E-state index >= 15 is 0 Å². The number of benzene rings is 4. The molecule has 1 fully saturated rings. The van der Waals surface area contributed by atoms with E-state index in [-0.39, 0.29) is 29.8 Å². The Balaban J connectivity index is 1.56. The molecule has 240 valence electrons. The minimum Gasteiger partial charge on any atom is -0.352 e. The maximum Gasteiger partial charge on any atom is 0.264 e. The number of amides is 2. The minimum atomic E-state index is -4.21. The summed E-state index contributed by atoms with van der Waals surface area (Å²) in [5.41, 5.74) is 2.86. The van der Waals surface area contributed by atoms with Crippen LogP contribution in [0.1, 0.15) is 42.4 Å². The number of anilines is 1. The summed E-state index contributed by atoms with van der Waals surface area (Å²) in [5.74, 6) is -0.797. The minimum absolute atomic E-state index is 0.00789. The Hall–Kier alpha value is -3.85. The van der Waals surface area contributed by atoms with Crippen LogP contribution in [-0.4, -0.2) is 43.8 Å². The highest BCUT2D eigenvalue weighted by atomic mass is 35.5. The van der Waals surface area contributed by atoms with Crippen LogP contribution in [0.4, 0.5) is 5.69 Å². The Labute approximate surface area is 281 Å². The van der Waals surface area contributed by atoms with Crippen molar-refractivity contribution in [2.24, 2.45) is 0 Å². The maximum absolute atomic E-state index is 14.6. The molecule has 0 aliphatic heterocycles. The van der Waals surface area contributed by atoms with E-state index in [2.05, 4.69) is 5.32 Å². The second-order valence-corrected chi connectivity index (χ2v) is 14.4. The fourth-order valence-electron chi connectivity index (χ4n) is 5.73. The van der Waals surface area contributed by atoms with Crippen molar-refractivity contribution in [1.82, 2.24) is 10.2 Å². The molecule has 10 heteroatoms. The number of nitrogens with zero attached hydrogens (tertiary/aromatic N) is 2. The summed E-state index contributed by atoms with van der Waals surface area (Å²) < 4.78 is 29.4. The molecule has 1 atom stereocenters. The van der Waals surface area contributed by atoms with Gasteiger partial charge in [0.15, 0.2) is 0 Å². The summed E-state index contributed by atoms with van der Waals surface area (Å²) in [6.07, 6.45) is 4.08. The largest absolute Gasteiger partial charge is 0.352 e. The highest BCUT2D eigenvalue weighted by Gasteiger charge is 2.35. The van der Waals surface area contributed by atoms with Crippen molar-refractivity contribution in [2.45, 2.75) is 62.6 Å². The first-order valence-corrected chi connectivity index (χ1v) is 17.5. The van der Waals surface area contributed by atoms with Gasteiger partial charge in [-0.3, -0.25) is 13.9 Å². The molecule has 1 saturated carbocycles. The highest BCUT2D eigenvalue weighted by molar-refractivity contribution is 7.92. The molecule has 46 heavy (non-hydrogen) atoms. The van der Waals surface area contributed by atoms with E-state index in [1.165, 1.54) is 29.2 Å². The van der Waals surface area contributed by atoms with Gasteiger partial charge in [0.05, 0.1) is 10.6 Å². The molecule has 0 radical (unpaired) electrons. The molecule has 1 N–H and O–H groups in total. The van der Waals surface area contributed by atoms with Gasteiger partial charge in [-0.15, -0.1) is 0 Å². The summed E-state index contributed by atoms with van der Waals surface area (Å²) in [7, 11) is -4.21. The first kappa shape index (κ1) is 33.5. The average Bonchev–Trinajstić information content (AvgIpc) is 3.55. The van der Waals surface area contributed by atoms with Crippen molar-refractivity contribution >= 4 is 50.7 Å². The number of hydrogen-bond acceptors (Lipinski definition) is 4. The second-order valence-electron chi connectivity index (χ2n) is 11.6. The van der Waals surface area contributed by atoms with Gasteiger partial charge >= 0.3 is 0 Å². The Kier molecular flexibility index (Phi) is 11.0. The molecule has 0 spiro atoms. The molecule has 4 aromatic carbocycles. The van der Waals surface area contributed by atoms with Crippen molar-refractivity contribution in [3.05, 3.63) is 130 Å². The van der Waals surface area contributed by atoms with Crippen LogP contribution in [-0.2, 0) is 32.6 Å². The molecule has 1 aliphatic carbocycles. The van der Waals surface area contributed by atoms with Crippen LogP contribution >= 0.6 is 23.2 Å². The van der Waals surface area contributed by atoms with E-state index in [0.29, 0.717) is 15.7 Å². The van der Waals surface area contributed by atoms with Gasteiger partial charge in [0.1, 0.15) is 12.6 Å².